The van der Waals surface area contributed by atoms with Gasteiger partial charge in [-0.3, -0.25) is 14.4 Å². The van der Waals surface area contributed by atoms with Gasteiger partial charge in [-0.15, -0.1) is 0 Å². The Morgan fingerprint density at radius 1 is 0.968 bits per heavy atom. The zero-order valence-electron chi connectivity index (χ0n) is 18.3. The van der Waals surface area contributed by atoms with Gasteiger partial charge in [0.1, 0.15) is 18.1 Å². The Bertz CT molecular complexity index is 606. The number of thiol groups is 1. The van der Waals surface area contributed by atoms with Crippen LogP contribution in [0.2, 0.25) is 0 Å². The lowest BCUT2D eigenvalue weighted by Crippen LogP contribution is -2.60. The fourth-order valence-electron chi connectivity index (χ4n) is 2.70. The van der Waals surface area contributed by atoms with Crippen molar-refractivity contribution in [1.29, 1.82) is 0 Å². The van der Waals surface area contributed by atoms with Gasteiger partial charge in [-0.1, -0.05) is 26.7 Å². The number of amides is 3. The monoisotopic (exact) mass is 463 g/mol. The SMILES string of the molecule is CCC(C)C(NC(=O)C(CS)NC(=O)C(NC(=O)C(N)CCCCN)C(C)O)C(=O)O. The number of carbonyl (C=O) groups is 4. The summed E-state index contributed by atoms with van der Waals surface area (Å²) in [6.07, 6.45) is 0.964. The third-order valence-electron chi connectivity index (χ3n) is 4.96. The van der Waals surface area contributed by atoms with E-state index in [-0.39, 0.29) is 11.7 Å². The Hall–Kier alpha value is -1.89. The molecule has 0 aromatic carbocycles. The predicted molar refractivity (Wildman–Crippen MR) is 119 cm³/mol. The number of carbonyl (C=O) groups excluding carboxylic acids is 3. The second kappa shape index (κ2) is 15.0. The number of rotatable bonds is 15. The first kappa shape index (κ1) is 29.1. The van der Waals surface area contributed by atoms with Gasteiger partial charge in [0.15, 0.2) is 0 Å². The summed E-state index contributed by atoms with van der Waals surface area (Å²) in [6, 6.07) is -4.53. The maximum absolute atomic E-state index is 12.6. The van der Waals surface area contributed by atoms with E-state index in [1.165, 1.54) is 6.92 Å². The fourth-order valence-corrected chi connectivity index (χ4v) is 2.95. The van der Waals surface area contributed by atoms with E-state index in [0.29, 0.717) is 32.2 Å². The molecule has 0 radical (unpaired) electrons. The maximum atomic E-state index is 12.6. The summed E-state index contributed by atoms with van der Waals surface area (Å²) in [5, 5.41) is 26.5. The van der Waals surface area contributed by atoms with Crippen molar-refractivity contribution in [1.82, 2.24) is 16.0 Å². The fraction of sp³-hybridized carbons (Fsp3) is 0.789. The van der Waals surface area contributed by atoms with Gasteiger partial charge in [0.25, 0.3) is 0 Å². The van der Waals surface area contributed by atoms with Gasteiger partial charge >= 0.3 is 5.97 Å². The molecule has 0 aliphatic rings. The lowest BCUT2D eigenvalue weighted by Gasteiger charge is -2.26. The molecular formula is C19H37N5O6S. The van der Waals surface area contributed by atoms with E-state index in [1.54, 1.807) is 13.8 Å². The summed E-state index contributed by atoms with van der Waals surface area (Å²) >= 11 is 4.05. The van der Waals surface area contributed by atoms with Crippen molar-refractivity contribution in [2.24, 2.45) is 17.4 Å². The first-order chi connectivity index (χ1) is 14.5. The zero-order valence-corrected chi connectivity index (χ0v) is 19.2. The quantitative estimate of drug-likeness (QED) is 0.104. The van der Waals surface area contributed by atoms with E-state index in [2.05, 4.69) is 28.6 Å². The van der Waals surface area contributed by atoms with Crippen LogP contribution >= 0.6 is 12.6 Å². The normalized spacial score (nSPS) is 16.9. The first-order valence-electron chi connectivity index (χ1n) is 10.4. The highest BCUT2D eigenvalue weighted by Gasteiger charge is 2.32. The van der Waals surface area contributed by atoms with E-state index in [1.807, 2.05) is 0 Å². The van der Waals surface area contributed by atoms with E-state index in [9.17, 15) is 29.4 Å². The van der Waals surface area contributed by atoms with Gasteiger partial charge in [0.2, 0.25) is 17.7 Å². The molecule has 12 heteroatoms. The molecule has 0 bridgehead atoms. The average molecular weight is 464 g/mol. The van der Waals surface area contributed by atoms with Gasteiger partial charge in [0, 0.05) is 5.75 Å². The molecule has 6 unspecified atom stereocenters. The van der Waals surface area contributed by atoms with Gasteiger partial charge in [-0.2, -0.15) is 12.6 Å². The number of nitrogens with two attached hydrogens (primary N) is 2. The Kier molecular flexibility index (Phi) is 14.1. The van der Waals surface area contributed by atoms with Crippen molar-refractivity contribution in [2.45, 2.75) is 76.7 Å². The number of aliphatic carboxylic acids is 1. The van der Waals surface area contributed by atoms with Crippen molar-refractivity contribution in [3.63, 3.8) is 0 Å². The molecule has 0 aromatic rings. The number of aliphatic hydroxyl groups excluding tert-OH is 1. The van der Waals surface area contributed by atoms with Crippen molar-refractivity contribution < 1.29 is 29.4 Å². The van der Waals surface area contributed by atoms with Crippen LogP contribution in [-0.4, -0.2) is 76.5 Å². The molecule has 6 atom stereocenters. The minimum Gasteiger partial charge on any atom is -0.480 e. The second-order valence-electron chi connectivity index (χ2n) is 7.57. The van der Waals surface area contributed by atoms with Gasteiger partial charge < -0.3 is 37.6 Å². The standard InChI is InChI=1S/C19H37N5O6S/c1-4-10(2)14(19(29)30)23-17(27)13(9-31)22-18(28)15(11(3)25)24-16(26)12(21)7-5-6-8-20/h10-15,25,31H,4-9,20-21H2,1-3H3,(H,22,28)(H,23,27)(H,24,26)(H,29,30). The molecule has 0 saturated heterocycles. The molecule has 0 aromatic heterocycles. The molecule has 180 valence electrons. The largest absolute Gasteiger partial charge is 0.480 e. The summed E-state index contributed by atoms with van der Waals surface area (Å²) in [4.78, 5) is 48.8. The first-order valence-corrected chi connectivity index (χ1v) is 11.0. The number of nitrogens with one attached hydrogen (secondary N) is 3. The Balaban J connectivity index is 5.12. The van der Waals surface area contributed by atoms with Crippen LogP contribution in [0.1, 0.15) is 46.5 Å². The van der Waals surface area contributed by atoms with Crippen LogP contribution in [0.15, 0.2) is 0 Å². The molecule has 0 saturated carbocycles. The zero-order chi connectivity index (χ0) is 24.1. The summed E-state index contributed by atoms with van der Waals surface area (Å²) in [7, 11) is 0. The highest BCUT2D eigenvalue weighted by atomic mass is 32.1. The third-order valence-corrected chi connectivity index (χ3v) is 5.33. The Morgan fingerprint density at radius 3 is 2.00 bits per heavy atom. The number of hydrogen-bond donors (Lipinski definition) is 8. The smallest absolute Gasteiger partial charge is 0.326 e. The minimum atomic E-state index is -1.35. The highest BCUT2D eigenvalue weighted by Crippen LogP contribution is 2.09. The minimum absolute atomic E-state index is 0.122. The van der Waals surface area contributed by atoms with Crippen molar-refractivity contribution in [3.05, 3.63) is 0 Å². The summed E-state index contributed by atoms with van der Waals surface area (Å²) in [6.45, 7) is 5.26. The van der Waals surface area contributed by atoms with Crippen molar-refractivity contribution in [3.8, 4) is 0 Å². The third kappa shape index (κ3) is 10.3. The van der Waals surface area contributed by atoms with Crippen LogP contribution in [0.4, 0.5) is 0 Å². The molecule has 3 amide bonds. The molecule has 31 heavy (non-hydrogen) atoms. The van der Waals surface area contributed by atoms with Crippen LogP contribution in [-0.2, 0) is 19.2 Å². The number of carboxylic acid groups (broad SMARTS) is 1. The van der Waals surface area contributed by atoms with Gasteiger partial charge in [-0.25, -0.2) is 4.79 Å². The summed E-state index contributed by atoms with van der Waals surface area (Å²) < 4.78 is 0. The van der Waals surface area contributed by atoms with Gasteiger partial charge in [-0.05, 0) is 32.2 Å². The van der Waals surface area contributed by atoms with E-state index in [4.69, 9.17) is 11.5 Å². The van der Waals surface area contributed by atoms with E-state index in [0.717, 1.165) is 0 Å². The number of aliphatic hydroxyl groups is 1. The molecule has 0 aliphatic heterocycles. The lowest BCUT2D eigenvalue weighted by atomic mass is 9.99. The van der Waals surface area contributed by atoms with Gasteiger partial charge in [0.05, 0.1) is 12.1 Å². The van der Waals surface area contributed by atoms with Crippen molar-refractivity contribution >= 4 is 36.3 Å². The topological polar surface area (TPSA) is 197 Å². The van der Waals surface area contributed by atoms with Crippen LogP contribution in [0.3, 0.4) is 0 Å². The Morgan fingerprint density at radius 2 is 1.55 bits per heavy atom. The van der Waals surface area contributed by atoms with E-state index < -0.39 is 54.0 Å². The predicted octanol–water partition coefficient (Wildman–Crippen LogP) is -1.66. The summed E-state index contributed by atoms with van der Waals surface area (Å²) in [5.41, 5.74) is 11.2. The molecule has 0 spiro atoms. The average Bonchev–Trinajstić information content (AvgIpc) is 2.72. The Labute approximate surface area is 188 Å². The van der Waals surface area contributed by atoms with Crippen LogP contribution in [0.5, 0.6) is 0 Å². The molecule has 11 nitrogen and oxygen atoms in total. The molecular weight excluding hydrogens is 426 g/mol. The van der Waals surface area contributed by atoms with Crippen LogP contribution in [0.25, 0.3) is 0 Å². The van der Waals surface area contributed by atoms with E-state index >= 15 is 0 Å². The maximum Gasteiger partial charge on any atom is 0.326 e. The second-order valence-corrected chi connectivity index (χ2v) is 7.94. The lowest BCUT2D eigenvalue weighted by molar-refractivity contribution is -0.143. The summed E-state index contributed by atoms with van der Waals surface area (Å²) in [5.74, 6) is -3.81. The molecule has 0 aliphatic carbocycles. The molecule has 0 fully saturated rings. The molecule has 0 heterocycles. The number of unbranched alkanes of at least 4 members (excludes halogenated alkanes) is 1. The number of carboxylic acids is 1. The van der Waals surface area contributed by atoms with Crippen molar-refractivity contribution in [2.75, 3.05) is 12.3 Å². The highest BCUT2D eigenvalue weighted by molar-refractivity contribution is 7.80. The molecule has 0 rings (SSSR count). The van der Waals surface area contributed by atoms with Crippen LogP contribution < -0.4 is 27.4 Å². The van der Waals surface area contributed by atoms with Crippen LogP contribution in [0, 0.1) is 5.92 Å². The molecule has 9 N–H and O–H groups in total. The number of hydrogen-bond acceptors (Lipinski definition) is 8.